The van der Waals surface area contributed by atoms with Crippen LogP contribution in [-0.4, -0.2) is 52.0 Å². The maximum absolute atomic E-state index is 13.6. The van der Waals surface area contributed by atoms with Crippen molar-refractivity contribution in [1.82, 2.24) is 14.8 Å². The lowest BCUT2D eigenvalue weighted by Gasteiger charge is -2.38. The highest BCUT2D eigenvalue weighted by Crippen LogP contribution is 2.28. The number of ketones is 1. The first kappa shape index (κ1) is 24.0. The maximum Gasteiger partial charge on any atom is 0.355 e. The Morgan fingerprint density at radius 2 is 1.73 bits per heavy atom. The first-order valence-corrected chi connectivity index (χ1v) is 11.1. The van der Waals surface area contributed by atoms with Crippen molar-refractivity contribution in [2.24, 2.45) is 7.05 Å². The van der Waals surface area contributed by atoms with Crippen molar-refractivity contribution in [3.63, 3.8) is 0 Å². The smallest absolute Gasteiger partial charge is 0.355 e. The van der Waals surface area contributed by atoms with E-state index in [1.54, 1.807) is 37.3 Å². The molecule has 7 nitrogen and oxygen atoms in total. The van der Waals surface area contributed by atoms with Gasteiger partial charge in [0.2, 0.25) is 0 Å². The first-order valence-electron chi connectivity index (χ1n) is 11.1. The van der Waals surface area contributed by atoms with E-state index in [1.165, 1.54) is 0 Å². The number of rotatable bonds is 7. The van der Waals surface area contributed by atoms with Crippen LogP contribution in [-0.2, 0) is 11.8 Å². The van der Waals surface area contributed by atoms with Crippen molar-refractivity contribution in [1.29, 1.82) is 0 Å². The minimum atomic E-state index is -0.623. The fourth-order valence-corrected chi connectivity index (χ4v) is 4.50. The lowest BCUT2D eigenvalue weighted by Crippen LogP contribution is -2.55. The van der Waals surface area contributed by atoms with Crippen molar-refractivity contribution >= 4 is 17.8 Å². The summed E-state index contributed by atoms with van der Waals surface area (Å²) < 4.78 is 6.89. The quantitative estimate of drug-likeness (QED) is 0.532. The largest absolute Gasteiger partial charge is 0.461 e. The van der Waals surface area contributed by atoms with E-state index in [4.69, 9.17) is 4.74 Å². The van der Waals surface area contributed by atoms with Crippen LogP contribution in [0.5, 0.6) is 0 Å². The highest BCUT2D eigenvalue weighted by atomic mass is 16.5. The molecule has 30 heavy (non-hydrogen) atoms. The molecule has 7 heteroatoms. The monoisotopic (exact) mass is 419 g/mol. The van der Waals surface area contributed by atoms with Gasteiger partial charge in [-0.25, -0.2) is 9.59 Å². The van der Waals surface area contributed by atoms with Crippen LogP contribution in [0.3, 0.4) is 0 Å². The van der Waals surface area contributed by atoms with Crippen LogP contribution >= 0.6 is 0 Å². The topological polar surface area (TPSA) is 80.6 Å². The Hall–Kier alpha value is -2.31. The van der Waals surface area contributed by atoms with Crippen molar-refractivity contribution in [2.45, 2.75) is 91.8 Å². The van der Waals surface area contributed by atoms with E-state index in [-0.39, 0.29) is 30.5 Å². The number of ether oxygens (including phenoxy) is 1. The Kier molecular flexibility index (Phi) is 8.10. The minimum absolute atomic E-state index is 0.0125. The average molecular weight is 420 g/mol. The Bertz CT molecular complexity index is 791. The predicted molar refractivity (Wildman–Crippen MR) is 117 cm³/mol. The van der Waals surface area contributed by atoms with Gasteiger partial charge in [0.15, 0.2) is 5.78 Å². The molecule has 1 unspecified atom stereocenters. The summed E-state index contributed by atoms with van der Waals surface area (Å²) in [6, 6.07) is -0.789. The van der Waals surface area contributed by atoms with Gasteiger partial charge in [-0.2, -0.15) is 0 Å². The van der Waals surface area contributed by atoms with Gasteiger partial charge in [-0.3, -0.25) is 4.79 Å². The second kappa shape index (κ2) is 10.1. The van der Waals surface area contributed by atoms with Crippen molar-refractivity contribution in [2.75, 3.05) is 6.61 Å². The Labute approximate surface area is 180 Å². The van der Waals surface area contributed by atoms with Crippen LogP contribution in [0.2, 0.25) is 0 Å². The molecule has 1 fully saturated rings. The molecule has 2 amide bonds. The number of carbonyl (C=O) groups excluding carboxylic acids is 3. The van der Waals surface area contributed by atoms with Crippen molar-refractivity contribution < 1.29 is 19.1 Å². The van der Waals surface area contributed by atoms with Crippen molar-refractivity contribution in [3.05, 3.63) is 22.5 Å². The molecule has 0 radical (unpaired) electrons. The predicted octanol–water partition coefficient (Wildman–Crippen LogP) is 4.14. The van der Waals surface area contributed by atoms with Crippen LogP contribution in [0, 0.1) is 13.8 Å². The number of Topliss-reactive ketones (excluding diaryl/α,β-unsaturated/α-hetero) is 1. The summed E-state index contributed by atoms with van der Waals surface area (Å²) in [6.07, 6.45) is 5.10. The van der Waals surface area contributed by atoms with Gasteiger partial charge in [0.25, 0.3) is 0 Å². The lowest BCUT2D eigenvalue weighted by molar-refractivity contribution is 0.0514. The summed E-state index contributed by atoms with van der Waals surface area (Å²) in [7, 11) is 1.76. The highest BCUT2D eigenvalue weighted by molar-refractivity contribution is 6.06. The van der Waals surface area contributed by atoms with Crippen LogP contribution in [0.1, 0.15) is 91.9 Å². The third kappa shape index (κ3) is 4.87. The number of urea groups is 1. The number of carbonyl (C=O) groups is 3. The molecule has 2 rings (SSSR count). The lowest BCUT2D eigenvalue weighted by atomic mass is 9.91. The van der Waals surface area contributed by atoms with E-state index in [9.17, 15) is 14.4 Å². The van der Waals surface area contributed by atoms with Gasteiger partial charge in [0.05, 0.1) is 12.6 Å². The summed E-state index contributed by atoms with van der Waals surface area (Å²) in [5, 5.41) is 2.96. The number of amides is 2. The first-order chi connectivity index (χ1) is 14.1. The van der Waals surface area contributed by atoms with Crippen LogP contribution in [0.15, 0.2) is 0 Å². The fraction of sp³-hybridized carbons (Fsp3) is 0.696. The second-order valence-electron chi connectivity index (χ2n) is 8.56. The zero-order chi connectivity index (χ0) is 22.6. The summed E-state index contributed by atoms with van der Waals surface area (Å²) in [5.74, 6) is -0.574. The van der Waals surface area contributed by atoms with E-state index in [0.29, 0.717) is 22.5 Å². The minimum Gasteiger partial charge on any atom is -0.461 e. The molecular formula is C23H37N3O4. The van der Waals surface area contributed by atoms with Gasteiger partial charge in [-0.1, -0.05) is 19.3 Å². The molecule has 168 valence electrons. The van der Waals surface area contributed by atoms with Gasteiger partial charge < -0.3 is 19.5 Å². The zero-order valence-electron chi connectivity index (χ0n) is 19.5. The number of hydrogen-bond acceptors (Lipinski definition) is 4. The van der Waals surface area contributed by atoms with Crippen molar-refractivity contribution in [3.8, 4) is 0 Å². The summed E-state index contributed by atoms with van der Waals surface area (Å²) in [5.41, 5.74) is 2.21. The third-order valence-electron chi connectivity index (χ3n) is 6.06. The van der Waals surface area contributed by atoms with E-state index >= 15 is 0 Å². The number of esters is 1. The molecule has 0 spiro atoms. The maximum atomic E-state index is 13.6. The summed E-state index contributed by atoms with van der Waals surface area (Å²) >= 11 is 0. The normalized spacial score (nSPS) is 15.7. The number of nitrogens with one attached hydrogen (secondary N) is 1. The number of hydrogen-bond donors (Lipinski definition) is 1. The van der Waals surface area contributed by atoms with Gasteiger partial charge in [-0.15, -0.1) is 0 Å². The average Bonchev–Trinajstić information content (AvgIpc) is 2.90. The van der Waals surface area contributed by atoms with E-state index in [1.807, 2.05) is 20.8 Å². The zero-order valence-corrected chi connectivity index (χ0v) is 19.5. The molecule has 0 aromatic carbocycles. The standard InChI is InChI=1S/C23H37N3O4/c1-8-30-22(28)20-15(4)19(16(5)25(20)7)21(27)17(6)26(23(29)24-14(2)3)18-12-10-9-11-13-18/h14,17-18H,8-13H2,1-7H3,(H,24,29). The van der Waals surface area contributed by atoms with Gasteiger partial charge in [-0.05, 0) is 59.9 Å². The molecule has 1 saturated carbocycles. The molecule has 1 heterocycles. The van der Waals surface area contributed by atoms with Crippen LogP contribution < -0.4 is 5.32 Å². The summed E-state index contributed by atoms with van der Waals surface area (Å²) in [6.45, 7) is 11.3. The van der Waals surface area contributed by atoms with Gasteiger partial charge in [0.1, 0.15) is 5.69 Å². The highest BCUT2D eigenvalue weighted by Gasteiger charge is 2.36. The number of nitrogens with zero attached hydrogens (tertiary/aromatic N) is 2. The molecule has 0 aliphatic heterocycles. The second-order valence-corrected chi connectivity index (χ2v) is 8.56. The number of aromatic nitrogens is 1. The molecule has 1 aromatic rings. The molecule has 0 saturated heterocycles. The molecule has 1 aliphatic rings. The van der Waals surface area contributed by atoms with Gasteiger partial charge in [0, 0.05) is 30.4 Å². The van der Waals surface area contributed by atoms with Gasteiger partial charge >= 0.3 is 12.0 Å². The van der Waals surface area contributed by atoms with E-state index < -0.39 is 12.0 Å². The molecular weight excluding hydrogens is 382 g/mol. The molecule has 1 aromatic heterocycles. The Morgan fingerprint density at radius 3 is 2.27 bits per heavy atom. The molecule has 1 aliphatic carbocycles. The third-order valence-corrected chi connectivity index (χ3v) is 6.06. The van der Waals surface area contributed by atoms with E-state index in [2.05, 4.69) is 5.32 Å². The molecule has 1 atom stereocenters. The summed E-state index contributed by atoms with van der Waals surface area (Å²) in [4.78, 5) is 40.8. The van der Waals surface area contributed by atoms with Crippen LogP contribution in [0.4, 0.5) is 4.79 Å². The molecule has 0 bridgehead atoms. The fourth-order valence-electron chi connectivity index (χ4n) is 4.50. The van der Waals surface area contributed by atoms with E-state index in [0.717, 1.165) is 32.1 Å². The Balaban J connectivity index is 2.42. The molecule has 1 N–H and O–H groups in total. The SMILES string of the molecule is CCOC(=O)c1c(C)c(C(=O)C(C)N(C(=O)NC(C)C)C2CCCCC2)c(C)n1C. The Morgan fingerprint density at radius 1 is 1.13 bits per heavy atom. The van der Waals surface area contributed by atoms with Crippen LogP contribution in [0.25, 0.3) is 0 Å².